The average molecular weight is 565 g/mol. The monoisotopic (exact) mass is 564 g/mol. The van der Waals surface area contributed by atoms with Crippen molar-refractivity contribution in [3.05, 3.63) is 80.4 Å². The quantitative estimate of drug-likeness (QED) is 0.340. The molecule has 0 saturated carbocycles. The summed E-state index contributed by atoms with van der Waals surface area (Å²) in [4.78, 5) is 0. The standard InChI is InChI=1S/C42H60/c1-24(2)33-23-42(41(14,15)16,36-20-27(19-30(33)36)38(5,6)7)37-31-17-25(3)34(39(8,9)10)21-28(31)29-22-35(40(11,12)13)26(4)18-32(29)37/h17-18,20-22,24,33,37H,19,23H2,1-16H3. The lowest BCUT2D eigenvalue weighted by molar-refractivity contribution is 0.0949. The van der Waals surface area contributed by atoms with Crippen LogP contribution >= 0.6 is 0 Å². The van der Waals surface area contributed by atoms with Crippen LogP contribution in [0.1, 0.15) is 149 Å². The number of allylic oxidation sites excluding steroid dienone is 4. The number of hydrogen-bond donors (Lipinski definition) is 0. The minimum absolute atomic E-state index is 0.0373. The molecule has 0 saturated heterocycles. The van der Waals surface area contributed by atoms with Gasteiger partial charge in [0.1, 0.15) is 0 Å². The number of aryl methyl sites for hydroxylation is 2. The van der Waals surface area contributed by atoms with E-state index in [1.54, 1.807) is 27.8 Å². The molecule has 3 aliphatic carbocycles. The Morgan fingerprint density at radius 2 is 1.12 bits per heavy atom. The van der Waals surface area contributed by atoms with Crippen molar-refractivity contribution < 1.29 is 0 Å². The van der Waals surface area contributed by atoms with Crippen LogP contribution in [0, 0.1) is 41.9 Å². The van der Waals surface area contributed by atoms with E-state index in [0.29, 0.717) is 17.8 Å². The minimum Gasteiger partial charge on any atom is -0.0622 e. The molecule has 2 unspecified atom stereocenters. The summed E-state index contributed by atoms with van der Waals surface area (Å²) in [7, 11) is 0. The predicted molar refractivity (Wildman–Crippen MR) is 185 cm³/mol. The molecule has 0 heterocycles. The van der Waals surface area contributed by atoms with Gasteiger partial charge in [0, 0.05) is 11.3 Å². The molecule has 0 aliphatic heterocycles. The van der Waals surface area contributed by atoms with Gasteiger partial charge in [0.2, 0.25) is 0 Å². The summed E-state index contributed by atoms with van der Waals surface area (Å²) in [5.74, 6) is 1.63. The van der Waals surface area contributed by atoms with Crippen LogP contribution in [0.2, 0.25) is 0 Å². The van der Waals surface area contributed by atoms with E-state index in [9.17, 15) is 0 Å². The van der Waals surface area contributed by atoms with Crippen molar-refractivity contribution in [1.82, 2.24) is 0 Å². The Bertz CT molecular complexity index is 1420. The van der Waals surface area contributed by atoms with Gasteiger partial charge in [0.25, 0.3) is 0 Å². The van der Waals surface area contributed by atoms with Gasteiger partial charge < -0.3 is 0 Å². The predicted octanol–water partition coefficient (Wildman–Crippen LogP) is 12.4. The summed E-state index contributed by atoms with van der Waals surface area (Å²) in [6, 6.07) is 10.4. The highest BCUT2D eigenvalue weighted by Gasteiger charge is 2.60. The van der Waals surface area contributed by atoms with Gasteiger partial charge in [0.05, 0.1) is 0 Å². The number of rotatable bonds is 2. The summed E-state index contributed by atoms with van der Waals surface area (Å²) >= 11 is 0. The summed E-state index contributed by atoms with van der Waals surface area (Å²) in [6.07, 6.45) is 5.11. The Balaban J connectivity index is 1.90. The molecule has 0 heteroatoms. The Kier molecular flexibility index (Phi) is 7.06. The van der Waals surface area contributed by atoms with Crippen molar-refractivity contribution in [3.63, 3.8) is 0 Å². The van der Waals surface area contributed by atoms with Crippen molar-refractivity contribution >= 4 is 0 Å². The molecule has 0 aromatic heterocycles. The zero-order valence-corrected chi connectivity index (χ0v) is 30.0. The van der Waals surface area contributed by atoms with Crippen LogP contribution in [0.5, 0.6) is 0 Å². The SMILES string of the molecule is Cc1cc2c(cc1C(C)(C)C)-c1cc(C(C)(C)C)c(C)cc1C2C1(C(C)(C)C)CC(C(C)C)C2=C1C=C(C(C)(C)C)C2. The van der Waals surface area contributed by atoms with Crippen molar-refractivity contribution in [2.75, 3.05) is 0 Å². The molecule has 0 fully saturated rings. The van der Waals surface area contributed by atoms with Crippen LogP contribution in [0.25, 0.3) is 11.1 Å². The van der Waals surface area contributed by atoms with Gasteiger partial charge >= 0.3 is 0 Å². The average Bonchev–Trinajstić information content (AvgIpc) is 3.45. The van der Waals surface area contributed by atoms with E-state index >= 15 is 0 Å². The number of benzene rings is 2. The van der Waals surface area contributed by atoms with Crippen molar-refractivity contribution in [1.29, 1.82) is 0 Å². The molecular formula is C42H60. The summed E-state index contributed by atoms with van der Waals surface area (Å²) in [6.45, 7) is 38.8. The molecule has 2 aromatic carbocycles. The lowest BCUT2D eigenvalue weighted by atomic mass is 9.53. The molecule has 228 valence electrons. The first-order chi connectivity index (χ1) is 19.0. The molecule has 5 rings (SSSR count). The van der Waals surface area contributed by atoms with Gasteiger partial charge in [-0.25, -0.2) is 0 Å². The first-order valence-electron chi connectivity index (χ1n) is 16.7. The Hall–Kier alpha value is -2.08. The van der Waals surface area contributed by atoms with E-state index < -0.39 is 0 Å². The minimum atomic E-state index is 0.0373. The fraction of sp³-hybridized carbons (Fsp3) is 0.619. The molecule has 0 bridgehead atoms. The second-order valence-corrected chi connectivity index (χ2v) is 18.8. The Morgan fingerprint density at radius 3 is 1.48 bits per heavy atom. The van der Waals surface area contributed by atoms with E-state index in [-0.39, 0.29) is 27.1 Å². The van der Waals surface area contributed by atoms with E-state index in [0.717, 1.165) is 6.42 Å². The van der Waals surface area contributed by atoms with E-state index in [1.807, 2.05) is 0 Å². The molecule has 0 amide bonds. The van der Waals surface area contributed by atoms with Gasteiger partial charge in [-0.3, -0.25) is 0 Å². The summed E-state index contributed by atoms with van der Waals surface area (Å²) in [5, 5.41) is 0. The summed E-state index contributed by atoms with van der Waals surface area (Å²) < 4.78 is 0. The van der Waals surface area contributed by atoms with Crippen LogP contribution < -0.4 is 0 Å². The third-order valence-corrected chi connectivity index (χ3v) is 11.4. The first-order valence-corrected chi connectivity index (χ1v) is 16.7. The van der Waals surface area contributed by atoms with Crippen molar-refractivity contribution in [2.45, 2.75) is 140 Å². The van der Waals surface area contributed by atoms with E-state index in [2.05, 4.69) is 141 Å². The normalized spacial score (nSPS) is 23.1. The molecule has 0 N–H and O–H groups in total. The number of hydrogen-bond acceptors (Lipinski definition) is 0. The molecular weight excluding hydrogens is 504 g/mol. The molecule has 0 radical (unpaired) electrons. The molecule has 0 nitrogen and oxygen atoms in total. The number of fused-ring (bicyclic) bond motifs is 3. The van der Waals surface area contributed by atoms with E-state index in [4.69, 9.17) is 0 Å². The first kappa shape index (κ1) is 31.3. The fourth-order valence-electron chi connectivity index (χ4n) is 9.20. The van der Waals surface area contributed by atoms with Gasteiger partial charge in [-0.1, -0.05) is 138 Å². The Labute approximate surface area is 259 Å². The molecule has 42 heavy (non-hydrogen) atoms. The van der Waals surface area contributed by atoms with E-state index in [1.165, 1.54) is 39.8 Å². The maximum absolute atomic E-state index is 2.70. The highest BCUT2D eigenvalue weighted by molar-refractivity contribution is 5.83. The highest BCUT2D eigenvalue weighted by Crippen LogP contribution is 2.71. The fourth-order valence-corrected chi connectivity index (χ4v) is 9.20. The van der Waals surface area contributed by atoms with Gasteiger partial charge in [0.15, 0.2) is 0 Å². The highest BCUT2D eigenvalue weighted by atomic mass is 14.6. The molecule has 0 spiro atoms. The van der Waals surface area contributed by atoms with Crippen LogP contribution in [0.3, 0.4) is 0 Å². The van der Waals surface area contributed by atoms with Gasteiger partial charge in [-0.2, -0.15) is 0 Å². The molecule has 2 aromatic rings. The zero-order chi connectivity index (χ0) is 31.5. The Morgan fingerprint density at radius 1 is 0.667 bits per heavy atom. The van der Waals surface area contributed by atoms with Crippen molar-refractivity contribution in [2.24, 2.45) is 28.1 Å². The maximum atomic E-state index is 2.70. The second-order valence-electron chi connectivity index (χ2n) is 18.8. The third kappa shape index (κ3) is 4.61. The zero-order valence-electron chi connectivity index (χ0n) is 30.0. The molecule has 2 atom stereocenters. The largest absolute Gasteiger partial charge is 0.0622 e. The lowest BCUT2D eigenvalue weighted by Gasteiger charge is -2.50. The van der Waals surface area contributed by atoms with Gasteiger partial charge in [-0.05, 0) is 110 Å². The summed E-state index contributed by atoms with van der Waals surface area (Å²) in [5.41, 5.74) is 17.6. The van der Waals surface area contributed by atoms with Crippen LogP contribution in [0.4, 0.5) is 0 Å². The third-order valence-electron chi connectivity index (χ3n) is 11.4. The van der Waals surface area contributed by atoms with Crippen molar-refractivity contribution in [3.8, 4) is 11.1 Å². The molecule has 3 aliphatic rings. The van der Waals surface area contributed by atoms with Gasteiger partial charge in [-0.15, -0.1) is 0 Å². The van der Waals surface area contributed by atoms with Crippen LogP contribution in [-0.4, -0.2) is 0 Å². The maximum Gasteiger partial charge on any atom is 0.0204 e. The lowest BCUT2D eigenvalue weighted by Crippen LogP contribution is -2.42. The topological polar surface area (TPSA) is 0 Å². The second kappa shape index (κ2) is 9.46. The van der Waals surface area contributed by atoms with Crippen LogP contribution in [-0.2, 0) is 10.8 Å². The van der Waals surface area contributed by atoms with Crippen LogP contribution in [0.15, 0.2) is 47.1 Å². The smallest absolute Gasteiger partial charge is 0.0204 e.